The Kier molecular flexibility index (Phi) is 2.04. The van der Waals surface area contributed by atoms with Crippen molar-refractivity contribution in [2.45, 2.75) is 12.8 Å². The summed E-state index contributed by atoms with van der Waals surface area (Å²) in [6.45, 7) is 0.626. The highest BCUT2D eigenvalue weighted by Crippen LogP contribution is 2.39. The maximum atomic E-state index is 11.8. The van der Waals surface area contributed by atoms with Crippen LogP contribution in [0.4, 0.5) is 5.69 Å². The zero-order valence-electron chi connectivity index (χ0n) is 8.57. The lowest BCUT2D eigenvalue weighted by molar-refractivity contribution is -0.114. The normalized spacial score (nSPS) is 19.2. The molecule has 3 nitrogen and oxygen atoms in total. The van der Waals surface area contributed by atoms with Gasteiger partial charge in [-0.3, -0.25) is 9.59 Å². The SMILES string of the molecule is O=C1C(=O)N(CC2CC2)c2c(Cl)cccc21. The fourth-order valence-corrected chi connectivity index (χ4v) is 2.32. The Morgan fingerprint density at radius 1 is 1.31 bits per heavy atom. The van der Waals surface area contributed by atoms with Gasteiger partial charge in [0.15, 0.2) is 0 Å². The standard InChI is InChI=1S/C12H10ClNO2/c13-9-3-1-2-8-10(9)14(6-7-4-5-7)12(16)11(8)15/h1-3,7H,4-6H2. The number of fused-ring (bicyclic) bond motifs is 1. The largest absolute Gasteiger partial charge is 0.303 e. The minimum Gasteiger partial charge on any atom is -0.303 e. The van der Waals surface area contributed by atoms with Gasteiger partial charge in [0, 0.05) is 6.54 Å². The molecule has 0 saturated heterocycles. The van der Waals surface area contributed by atoms with Crippen molar-refractivity contribution < 1.29 is 9.59 Å². The van der Waals surface area contributed by atoms with Crippen molar-refractivity contribution in [3.8, 4) is 0 Å². The van der Waals surface area contributed by atoms with Gasteiger partial charge in [0.25, 0.3) is 11.7 Å². The number of benzene rings is 1. The molecule has 1 heterocycles. The van der Waals surface area contributed by atoms with E-state index >= 15 is 0 Å². The molecule has 1 amide bonds. The zero-order chi connectivity index (χ0) is 11.3. The summed E-state index contributed by atoms with van der Waals surface area (Å²) in [5.41, 5.74) is 1.05. The summed E-state index contributed by atoms with van der Waals surface area (Å²) in [4.78, 5) is 25.0. The quantitative estimate of drug-likeness (QED) is 0.738. The van der Waals surface area contributed by atoms with Crippen LogP contribution in [0.5, 0.6) is 0 Å². The predicted molar refractivity (Wildman–Crippen MR) is 60.9 cm³/mol. The number of hydrogen-bond acceptors (Lipinski definition) is 2. The Morgan fingerprint density at radius 2 is 2.06 bits per heavy atom. The molecule has 2 aliphatic rings. The number of ketones is 1. The van der Waals surface area contributed by atoms with Gasteiger partial charge in [0.2, 0.25) is 0 Å². The van der Waals surface area contributed by atoms with Crippen LogP contribution < -0.4 is 4.90 Å². The number of Topliss-reactive ketones (excluding diaryl/α,β-unsaturated/α-hetero) is 1. The third-order valence-electron chi connectivity index (χ3n) is 3.08. The average Bonchev–Trinajstić information content (AvgIpc) is 3.04. The van der Waals surface area contributed by atoms with E-state index in [9.17, 15) is 9.59 Å². The lowest BCUT2D eigenvalue weighted by atomic mass is 10.1. The predicted octanol–water partition coefficient (Wildman–Crippen LogP) is 2.28. The topological polar surface area (TPSA) is 37.4 Å². The third-order valence-corrected chi connectivity index (χ3v) is 3.38. The van der Waals surface area contributed by atoms with Gasteiger partial charge in [-0.2, -0.15) is 0 Å². The highest BCUT2D eigenvalue weighted by atomic mass is 35.5. The third kappa shape index (κ3) is 1.35. The summed E-state index contributed by atoms with van der Waals surface area (Å²) in [5.74, 6) is -0.327. The number of carbonyl (C=O) groups is 2. The Morgan fingerprint density at radius 3 is 2.75 bits per heavy atom. The van der Waals surface area contributed by atoms with Crippen LogP contribution in [-0.2, 0) is 4.79 Å². The fraction of sp³-hybridized carbons (Fsp3) is 0.333. The van der Waals surface area contributed by atoms with Crippen molar-refractivity contribution in [1.29, 1.82) is 0 Å². The molecule has 0 spiro atoms. The minimum absolute atomic E-state index is 0.432. The number of halogens is 1. The summed E-state index contributed by atoms with van der Waals surface area (Å²) in [7, 11) is 0. The van der Waals surface area contributed by atoms with E-state index in [0.717, 1.165) is 12.8 Å². The summed E-state index contributed by atoms with van der Waals surface area (Å²) in [5, 5.41) is 0.484. The molecule has 1 saturated carbocycles. The van der Waals surface area contributed by atoms with Gasteiger partial charge in [0.05, 0.1) is 16.3 Å². The summed E-state index contributed by atoms with van der Waals surface area (Å²) in [6.07, 6.45) is 2.27. The van der Waals surface area contributed by atoms with Gasteiger partial charge in [-0.1, -0.05) is 17.7 Å². The molecule has 1 fully saturated rings. The molecule has 16 heavy (non-hydrogen) atoms. The molecule has 1 aromatic carbocycles. The lowest BCUT2D eigenvalue weighted by Gasteiger charge is -2.16. The first kappa shape index (κ1) is 9.85. The summed E-state index contributed by atoms with van der Waals surface area (Å²) >= 11 is 6.05. The molecule has 1 aliphatic carbocycles. The second-order valence-corrected chi connectivity index (χ2v) is 4.73. The molecule has 0 bridgehead atoms. The van der Waals surface area contributed by atoms with Crippen LogP contribution in [0.3, 0.4) is 0 Å². The molecule has 1 aliphatic heterocycles. The van der Waals surface area contributed by atoms with Gasteiger partial charge in [-0.05, 0) is 30.9 Å². The van der Waals surface area contributed by atoms with Crippen LogP contribution in [0.1, 0.15) is 23.2 Å². The minimum atomic E-state index is -0.435. The Balaban J connectivity index is 2.07. The van der Waals surface area contributed by atoms with E-state index in [2.05, 4.69) is 0 Å². The lowest BCUT2D eigenvalue weighted by Crippen LogP contribution is -2.31. The number of anilines is 1. The molecule has 4 heteroatoms. The number of hydrogen-bond donors (Lipinski definition) is 0. The number of carbonyl (C=O) groups excluding carboxylic acids is 2. The van der Waals surface area contributed by atoms with Gasteiger partial charge < -0.3 is 4.90 Å². The Labute approximate surface area is 98.0 Å². The van der Waals surface area contributed by atoms with Crippen molar-refractivity contribution >= 4 is 29.0 Å². The van der Waals surface area contributed by atoms with Crippen LogP contribution in [0.25, 0.3) is 0 Å². The number of nitrogens with zero attached hydrogens (tertiary/aromatic N) is 1. The van der Waals surface area contributed by atoms with E-state index in [1.807, 2.05) is 0 Å². The maximum absolute atomic E-state index is 11.8. The zero-order valence-corrected chi connectivity index (χ0v) is 9.33. The van der Waals surface area contributed by atoms with Crippen LogP contribution in [0, 0.1) is 5.92 Å². The summed E-state index contributed by atoms with van der Waals surface area (Å²) in [6, 6.07) is 5.08. The van der Waals surface area contributed by atoms with E-state index in [1.165, 1.54) is 4.90 Å². The monoisotopic (exact) mass is 235 g/mol. The second-order valence-electron chi connectivity index (χ2n) is 4.32. The van der Waals surface area contributed by atoms with E-state index in [0.29, 0.717) is 28.7 Å². The number of amides is 1. The second kappa shape index (κ2) is 3.32. The first-order valence-electron chi connectivity index (χ1n) is 5.33. The van der Waals surface area contributed by atoms with Crippen molar-refractivity contribution in [3.05, 3.63) is 28.8 Å². The Hall–Kier alpha value is -1.35. The van der Waals surface area contributed by atoms with Crippen molar-refractivity contribution in [3.63, 3.8) is 0 Å². The highest BCUT2D eigenvalue weighted by molar-refractivity contribution is 6.54. The molecular formula is C12H10ClNO2. The molecule has 0 N–H and O–H groups in total. The van der Waals surface area contributed by atoms with Crippen LogP contribution in [-0.4, -0.2) is 18.2 Å². The first-order chi connectivity index (χ1) is 7.68. The maximum Gasteiger partial charge on any atom is 0.299 e. The molecule has 0 aromatic heterocycles. The fourth-order valence-electron chi connectivity index (χ4n) is 2.05. The smallest absolute Gasteiger partial charge is 0.299 e. The van der Waals surface area contributed by atoms with E-state index in [1.54, 1.807) is 18.2 Å². The highest BCUT2D eigenvalue weighted by Gasteiger charge is 2.39. The number of para-hydroxylation sites is 1. The molecule has 1 aromatic rings. The van der Waals surface area contributed by atoms with Gasteiger partial charge in [-0.25, -0.2) is 0 Å². The van der Waals surface area contributed by atoms with E-state index < -0.39 is 11.7 Å². The average molecular weight is 236 g/mol. The molecule has 0 atom stereocenters. The molecule has 0 unspecified atom stereocenters. The molecule has 0 radical (unpaired) electrons. The van der Waals surface area contributed by atoms with Crippen molar-refractivity contribution in [2.24, 2.45) is 5.92 Å². The molecular weight excluding hydrogens is 226 g/mol. The van der Waals surface area contributed by atoms with Gasteiger partial charge in [-0.15, -0.1) is 0 Å². The Bertz CT molecular complexity index is 494. The van der Waals surface area contributed by atoms with Crippen LogP contribution >= 0.6 is 11.6 Å². The van der Waals surface area contributed by atoms with Gasteiger partial charge in [0.1, 0.15) is 0 Å². The first-order valence-corrected chi connectivity index (χ1v) is 5.71. The van der Waals surface area contributed by atoms with Crippen LogP contribution in [0.2, 0.25) is 5.02 Å². The van der Waals surface area contributed by atoms with Gasteiger partial charge >= 0.3 is 0 Å². The van der Waals surface area contributed by atoms with Crippen LogP contribution in [0.15, 0.2) is 18.2 Å². The molecule has 82 valence electrons. The van der Waals surface area contributed by atoms with E-state index in [-0.39, 0.29) is 0 Å². The summed E-state index contributed by atoms with van der Waals surface area (Å²) < 4.78 is 0. The van der Waals surface area contributed by atoms with Crippen molar-refractivity contribution in [1.82, 2.24) is 0 Å². The molecule has 3 rings (SSSR count). The van der Waals surface area contributed by atoms with Crippen molar-refractivity contribution in [2.75, 3.05) is 11.4 Å². The van der Waals surface area contributed by atoms with E-state index in [4.69, 9.17) is 11.6 Å². The number of rotatable bonds is 2.